The first kappa shape index (κ1) is 19.5. The Morgan fingerprint density at radius 3 is 2.79 bits per heavy atom. The highest BCUT2D eigenvalue weighted by Crippen LogP contribution is 2.43. The van der Waals surface area contributed by atoms with Gasteiger partial charge in [0.15, 0.2) is 11.6 Å². The molecule has 0 radical (unpaired) electrons. The normalized spacial score (nSPS) is 14.0. The monoisotopic (exact) mass is 433 g/mol. The molecule has 1 aliphatic heterocycles. The van der Waals surface area contributed by atoms with Gasteiger partial charge in [-0.1, -0.05) is 23.7 Å². The third-order valence-corrected chi connectivity index (χ3v) is 5.79. The van der Waals surface area contributed by atoms with Crippen molar-refractivity contribution in [2.45, 2.75) is 11.4 Å². The second kappa shape index (κ2) is 7.53. The van der Waals surface area contributed by atoms with E-state index < -0.39 is 17.3 Å². The Balaban J connectivity index is 1.71. The molecule has 0 fully saturated rings. The van der Waals surface area contributed by atoms with E-state index in [4.69, 9.17) is 11.6 Å². The molecule has 148 valence electrons. The number of rotatable bonds is 4. The number of aliphatic imine (C=N–C) groups is 1. The molecule has 3 aromatic rings. The number of imidazole rings is 1. The Morgan fingerprint density at radius 1 is 1.28 bits per heavy atom. The summed E-state index contributed by atoms with van der Waals surface area (Å²) >= 11 is 7.69. The number of aromatic hydroxyl groups is 1. The fourth-order valence-corrected chi connectivity index (χ4v) is 4.13. The predicted molar refractivity (Wildman–Crippen MR) is 111 cm³/mol. The fraction of sp³-hybridized carbons (Fsp3) is 0.100. The zero-order valence-corrected chi connectivity index (χ0v) is 16.6. The maximum Gasteiger partial charge on any atom is 0.329 e. The van der Waals surface area contributed by atoms with Crippen LogP contribution in [0.1, 0.15) is 16.8 Å². The van der Waals surface area contributed by atoms with Gasteiger partial charge in [0.2, 0.25) is 5.88 Å². The van der Waals surface area contributed by atoms with Crippen LogP contribution in [0.4, 0.5) is 14.5 Å². The predicted octanol–water partition coefficient (Wildman–Crippen LogP) is 4.84. The zero-order valence-electron chi connectivity index (χ0n) is 15.0. The van der Waals surface area contributed by atoms with Gasteiger partial charge in [-0.15, -0.1) is 11.8 Å². The van der Waals surface area contributed by atoms with E-state index in [1.807, 2.05) is 12.3 Å². The second-order valence-corrected chi connectivity index (χ2v) is 7.56. The maximum absolute atomic E-state index is 13.4. The molecule has 0 amide bonds. The van der Waals surface area contributed by atoms with E-state index in [2.05, 4.69) is 9.98 Å². The Morgan fingerprint density at radius 2 is 2.07 bits per heavy atom. The van der Waals surface area contributed by atoms with Crippen molar-refractivity contribution in [3.05, 3.63) is 74.3 Å². The molecule has 0 bridgehead atoms. The lowest BCUT2D eigenvalue weighted by atomic mass is 10.1. The molecular weight excluding hydrogens is 420 g/mol. The van der Waals surface area contributed by atoms with Crippen molar-refractivity contribution in [3.63, 3.8) is 0 Å². The highest BCUT2D eigenvalue weighted by Gasteiger charge is 2.20. The van der Waals surface area contributed by atoms with E-state index in [-0.39, 0.29) is 18.1 Å². The van der Waals surface area contributed by atoms with Crippen LogP contribution in [0.5, 0.6) is 5.88 Å². The van der Waals surface area contributed by atoms with E-state index in [1.165, 1.54) is 17.8 Å². The van der Waals surface area contributed by atoms with E-state index in [0.717, 1.165) is 32.8 Å². The molecule has 0 saturated carbocycles. The van der Waals surface area contributed by atoms with E-state index in [1.54, 1.807) is 18.4 Å². The Bertz CT molecular complexity index is 1250. The maximum atomic E-state index is 13.4. The zero-order chi connectivity index (χ0) is 20.7. The molecule has 0 atom stereocenters. The Kier molecular flexibility index (Phi) is 5.06. The summed E-state index contributed by atoms with van der Waals surface area (Å²) in [6.45, 7) is -0.113. The molecule has 5 nitrogen and oxygen atoms in total. The summed E-state index contributed by atoms with van der Waals surface area (Å²) in [5.41, 5.74) is 2.21. The van der Waals surface area contributed by atoms with Crippen molar-refractivity contribution in [2.75, 3.05) is 6.26 Å². The van der Waals surface area contributed by atoms with Gasteiger partial charge in [-0.2, -0.15) is 0 Å². The molecular formula is C20H14ClF2N3O2S. The van der Waals surface area contributed by atoms with Crippen LogP contribution in [0.3, 0.4) is 0 Å². The standard InChI is InChI=1S/C20H14ClF2N3O2S/c1-29-18-13(21)4-3-12-11(8-24-17(12)18)7-16-19(27)26(20(28)25-16)9-10-2-5-14(22)15(23)6-10/h2-8,27H,9H2,1H3,(H,25,28)/b11-7+. The smallest absolute Gasteiger partial charge is 0.329 e. The number of fused-ring (bicyclic) bond motifs is 1. The quantitative estimate of drug-likeness (QED) is 0.578. The van der Waals surface area contributed by atoms with Crippen molar-refractivity contribution in [2.24, 2.45) is 4.99 Å². The highest BCUT2D eigenvalue weighted by molar-refractivity contribution is 7.98. The van der Waals surface area contributed by atoms with Gasteiger partial charge in [0.05, 0.1) is 22.2 Å². The number of hydrogen-bond acceptors (Lipinski definition) is 4. The first-order valence-electron chi connectivity index (χ1n) is 8.47. The van der Waals surface area contributed by atoms with Gasteiger partial charge in [-0.05, 0) is 36.1 Å². The lowest BCUT2D eigenvalue weighted by Gasteiger charge is -2.07. The average Bonchev–Trinajstić information content (AvgIpc) is 3.21. The van der Waals surface area contributed by atoms with Crippen molar-refractivity contribution < 1.29 is 13.9 Å². The molecule has 4 rings (SSSR count). The third kappa shape index (κ3) is 3.49. The van der Waals surface area contributed by atoms with E-state index in [9.17, 15) is 18.7 Å². The van der Waals surface area contributed by atoms with Crippen LogP contribution in [0.2, 0.25) is 5.02 Å². The van der Waals surface area contributed by atoms with E-state index >= 15 is 0 Å². The minimum absolute atomic E-state index is 0.113. The third-order valence-electron chi connectivity index (χ3n) is 4.54. The number of halogens is 3. The number of hydrogen-bond donors (Lipinski definition) is 2. The lowest BCUT2D eigenvalue weighted by Crippen LogP contribution is -2.17. The van der Waals surface area contributed by atoms with Gasteiger partial charge in [0.1, 0.15) is 5.69 Å². The van der Waals surface area contributed by atoms with Crippen LogP contribution in [-0.2, 0) is 6.54 Å². The number of H-pyrrole nitrogens is 1. The molecule has 29 heavy (non-hydrogen) atoms. The number of aromatic nitrogens is 2. The molecule has 2 aromatic carbocycles. The topological polar surface area (TPSA) is 70.4 Å². The highest BCUT2D eigenvalue weighted by atomic mass is 35.5. The SMILES string of the molecule is CSc1c(Cl)ccc2c1N=C/C2=C\c1[nH]c(=O)n(Cc2ccc(F)c(F)c2)c1O. The Hall–Kier alpha value is -2.84. The molecule has 0 aliphatic carbocycles. The van der Waals surface area contributed by atoms with Crippen LogP contribution >= 0.6 is 23.4 Å². The summed E-state index contributed by atoms with van der Waals surface area (Å²) in [5.74, 6) is -2.31. The minimum atomic E-state index is -1.02. The van der Waals surface area contributed by atoms with Gasteiger partial charge in [0.25, 0.3) is 0 Å². The number of nitrogens with one attached hydrogen (secondary N) is 1. The summed E-state index contributed by atoms with van der Waals surface area (Å²) in [5, 5.41) is 11.1. The largest absolute Gasteiger partial charge is 0.493 e. The molecule has 0 saturated heterocycles. The van der Waals surface area contributed by atoms with Crippen molar-refractivity contribution in [3.8, 4) is 5.88 Å². The molecule has 0 spiro atoms. The summed E-state index contributed by atoms with van der Waals surface area (Å²) in [6.07, 6.45) is 5.14. The number of benzene rings is 2. The van der Waals surface area contributed by atoms with Crippen LogP contribution in [0.25, 0.3) is 11.6 Å². The average molecular weight is 434 g/mol. The van der Waals surface area contributed by atoms with Crippen molar-refractivity contribution in [1.29, 1.82) is 0 Å². The van der Waals surface area contributed by atoms with Crippen LogP contribution in [-0.4, -0.2) is 27.1 Å². The lowest BCUT2D eigenvalue weighted by molar-refractivity contribution is 0.420. The molecule has 1 aromatic heterocycles. The van der Waals surface area contributed by atoms with Gasteiger partial charge >= 0.3 is 5.69 Å². The van der Waals surface area contributed by atoms with Gasteiger partial charge in [-0.25, -0.2) is 13.6 Å². The number of thioether (sulfide) groups is 1. The second-order valence-electron chi connectivity index (χ2n) is 6.34. The van der Waals surface area contributed by atoms with Crippen LogP contribution in [0, 0.1) is 11.6 Å². The fourth-order valence-electron chi connectivity index (χ4n) is 3.12. The number of allylic oxidation sites excluding steroid dienone is 1. The first-order chi connectivity index (χ1) is 13.9. The summed E-state index contributed by atoms with van der Waals surface area (Å²) < 4.78 is 27.6. The van der Waals surface area contributed by atoms with Gasteiger partial charge in [0, 0.05) is 17.4 Å². The molecule has 0 unspecified atom stereocenters. The van der Waals surface area contributed by atoms with Crippen molar-refractivity contribution in [1.82, 2.24) is 9.55 Å². The number of aromatic amines is 1. The molecule has 9 heteroatoms. The summed E-state index contributed by atoms with van der Waals surface area (Å²) in [7, 11) is 0. The summed E-state index contributed by atoms with van der Waals surface area (Å²) in [6, 6.07) is 6.90. The van der Waals surface area contributed by atoms with Crippen LogP contribution < -0.4 is 5.69 Å². The first-order valence-corrected chi connectivity index (χ1v) is 10.1. The van der Waals surface area contributed by atoms with Gasteiger partial charge in [-0.3, -0.25) is 9.56 Å². The number of nitrogens with zero attached hydrogens (tertiary/aromatic N) is 2. The van der Waals surface area contributed by atoms with Crippen molar-refractivity contribution >= 4 is 46.9 Å². The van der Waals surface area contributed by atoms with Gasteiger partial charge < -0.3 is 10.1 Å². The molecule has 2 N–H and O–H groups in total. The van der Waals surface area contributed by atoms with Crippen LogP contribution in [0.15, 0.2) is 45.0 Å². The van der Waals surface area contributed by atoms with E-state index in [0.29, 0.717) is 16.2 Å². The summed E-state index contributed by atoms with van der Waals surface area (Å²) in [4.78, 5) is 20.1. The molecule has 1 aliphatic rings. The Labute approximate surface area is 173 Å². The molecule has 2 heterocycles. The minimum Gasteiger partial charge on any atom is -0.493 e.